The Kier molecular flexibility index (Phi) is 6.66. The molecule has 3 heterocycles. The van der Waals surface area contributed by atoms with Crippen LogP contribution >= 0.6 is 11.8 Å². The summed E-state index contributed by atoms with van der Waals surface area (Å²) in [4.78, 5) is 32.5. The van der Waals surface area contributed by atoms with Crippen molar-refractivity contribution in [3.05, 3.63) is 74.9 Å². The van der Waals surface area contributed by atoms with Crippen molar-refractivity contribution in [2.24, 2.45) is 0 Å². The van der Waals surface area contributed by atoms with Gasteiger partial charge in [0, 0.05) is 49.5 Å². The predicted octanol–water partition coefficient (Wildman–Crippen LogP) is 3.22. The second kappa shape index (κ2) is 10.0. The van der Waals surface area contributed by atoms with Gasteiger partial charge in [0.25, 0.3) is 5.56 Å². The van der Waals surface area contributed by atoms with Crippen molar-refractivity contribution in [1.29, 1.82) is 0 Å². The Hall–Kier alpha value is -3.14. The van der Waals surface area contributed by atoms with Crippen molar-refractivity contribution in [2.75, 3.05) is 32.8 Å². The first-order valence-electron chi connectivity index (χ1n) is 11.3. The van der Waals surface area contributed by atoms with Crippen molar-refractivity contribution in [1.82, 2.24) is 14.5 Å². The second-order valence-electron chi connectivity index (χ2n) is 8.24. The molecular weight excluding hydrogens is 454 g/mol. The van der Waals surface area contributed by atoms with Crippen molar-refractivity contribution in [3.63, 3.8) is 0 Å². The molecule has 1 saturated heterocycles. The lowest BCUT2D eigenvalue weighted by Crippen LogP contribution is -2.37. The van der Waals surface area contributed by atoms with Gasteiger partial charge in [-0.25, -0.2) is 9.78 Å². The average molecular weight is 480 g/mol. The van der Waals surface area contributed by atoms with Crippen LogP contribution in [0, 0.1) is 0 Å². The molecule has 4 aromatic rings. The van der Waals surface area contributed by atoms with E-state index in [1.165, 1.54) is 23.9 Å². The van der Waals surface area contributed by atoms with Gasteiger partial charge in [0.05, 0.1) is 24.1 Å². The maximum absolute atomic E-state index is 13.3. The summed E-state index contributed by atoms with van der Waals surface area (Å²) in [6, 6.07) is 13.5. The van der Waals surface area contributed by atoms with Crippen LogP contribution in [0.1, 0.15) is 12.0 Å². The SMILES string of the molecule is O=c1cc(CSc2nc3ccccc3c(=O)n2CCCN2CCOCC2)c2ccc(O)cc2o1. The van der Waals surface area contributed by atoms with Crippen LogP contribution in [0.25, 0.3) is 21.9 Å². The Morgan fingerprint density at radius 1 is 1.00 bits per heavy atom. The molecule has 34 heavy (non-hydrogen) atoms. The van der Waals surface area contributed by atoms with Gasteiger partial charge in [-0.3, -0.25) is 14.3 Å². The summed E-state index contributed by atoms with van der Waals surface area (Å²) in [6.45, 7) is 4.75. The van der Waals surface area contributed by atoms with Crippen LogP contribution in [0.4, 0.5) is 0 Å². The van der Waals surface area contributed by atoms with Gasteiger partial charge in [-0.05, 0) is 36.2 Å². The molecule has 0 radical (unpaired) electrons. The van der Waals surface area contributed by atoms with E-state index in [0.29, 0.717) is 33.9 Å². The van der Waals surface area contributed by atoms with Gasteiger partial charge >= 0.3 is 5.63 Å². The van der Waals surface area contributed by atoms with Gasteiger partial charge in [0.15, 0.2) is 5.16 Å². The fourth-order valence-corrected chi connectivity index (χ4v) is 5.23. The number of thioether (sulfide) groups is 1. The molecule has 0 amide bonds. The van der Waals surface area contributed by atoms with Crippen molar-refractivity contribution < 1.29 is 14.3 Å². The first kappa shape index (κ1) is 22.6. The van der Waals surface area contributed by atoms with E-state index in [9.17, 15) is 14.7 Å². The molecule has 0 saturated carbocycles. The number of nitrogens with zero attached hydrogens (tertiary/aromatic N) is 3. The van der Waals surface area contributed by atoms with Gasteiger partial charge in [-0.1, -0.05) is 23.9 Å². The van der Waals surface area contributed by atoms with E-state index in [1.807, 2.05) is 18.2 Å². The summed E-state index contributed by atoms with van der Waals surface area (Å²) >= 11 is 1.42. The molecule has 2 aromatic heterocycles. The van der Waals surface area contributed by atoms with Crippen molar-refractivity contribution in [3.8, 4) is 5.75 Å². The summed E-state index contributed by atoms with van der Waals surface area (Å²) in [5.41, 5.74) is 1.21. The van der Waals surface area contributed by atoms with E-state index >= 15 is 0 Å². The van der Waals surface area contributed by atoms with Crippen molar-refractivity contribution in [2.45, 2.75) is 23.9 Å². The topological polar surface area (TPSA) is 97.8 Å². The molecule has 0 aliphatic carbocycles. The number of aromatic hydroxyl groups is 1. The number of fused-ring (bicyclic) bond motifs is 2. The van der Waals surface area contributed by atoms with Crippen LogP contribution in [-0.4, -0.2) is 52.4 Å². The zero-order valence-electron chi connectivity index (χ0n) is 18.6. The van der Waals surface area contributed by atoms with Crippen LogP contribution in [0.3, 0.4) is 0 Å². The standard InChI is InChI=1S/C25H25N3O5S/c29-18-6-7-19-17(14-23(30)33-22(19)15-18)16-34-25-26-21-5-2-1-4-20(21)24(31)28(25)9-3-8-27-10-12-32-13-11-27/h1-2,4-7,14-15,29H,3,8-13,16H2. The first-order chi connectivity index (χ1) is 16.6. The molecule has 0 unspecified atom stereocenters. The van der Waals surface area contributed by atoms with Crippen LogP contribution in [0.5, 0.6) is 5.75 Å². The molecular formula is C25H25N3O5S. The van der Waals surface area contributed by atoms with Crippen LogP contribution < -0.4 is 11.2 Å². The third-order valence-corrected chi connectivity index (χ3v) is 6.98. The van der Waals surface area contributed by atoms with E-state index in [2.05, 4.69) is 4.90 Å². The Labute approximate surface area is 199 Å². The fourth-order valence-electron chi connectivity index (χ4n) is 4.21. The predicted molar refractivity (Wildman–Crippen MR) is 132 cm³/mol. The minimum Gasteiger partial charge on any atom is -0.508 e. The maximum Gasteiger partial charge on any atom is 0.336 e. The second-order valence-corrected chi connectivity index (χ2v) is 9.18. The molecule has 0 atom stereocenters. The van der Waals surface area contributed by atoms with Crippen molar-refractivity contribution >= 4 is 33.6 Å². The number of ether oxygens (including phenoxy) is 1. The molecule has 5 rings (SSSR count). The summed E-state index contributed by atoms with van der Waals surface area (Å²) in [5, 5.41) is 11.7. The normalized spacial score (nSPS) is 14.7. The summed E-state index contributed by atoms with van der Waals surface area (Å²) in [7, 11) is 0. The van der Waals surface area contributed by atoms with Gasteiger partial charge in [-0.2, -0.15) is 0 Å². The Morgan fingerprint density at radius 3 is 2.68 bits per heavy atom. The van der Waals surface area contributed by atoms with E-state index in [0.717, 1.165) is 50.2 Å². The van der Waals surface area contributed by atoms with Crippen LogP contribution in [-0.2, 0) is 17.0 Å². The molecule has 9 heteroatoms. The molecule has 176 valence electrons. The number of phenols is 1. The monoisotopic (exact) mass is 479 g/mol. The number of benzene rings is 2. The van der Waals surface area contributed by atoms with Gasteiger partial charge in [0.1, 0.15) is 11.3 Å². The molecule has 1 aliphatic heterocycles. The zero-order chi connectivity index (χ0) is 23.5. The van der Waals surface area contributed by atoms with E-state index in [4.69, 9.17) is 14.1 Å². The highest BCUT2D eigenvalue weighted by atomic mass is 32.2. The van der Waals surface area contributed by atoms with E-state index in [-0.39, 0.29) is 11.3 Å². The number of hydrogen-bond acceptors (Lipinski definition) is 8. The largest absolute Gasteiger partial charge is 0.508 e. The number of phenolic OH excluding ortho intramolecular Hbond substituents is 1. The minimum absolute atomic E-state index is 0.0331. The summed E-state index contributed by atoms with van der Waals surface area (Å²) < 4.78 is 12.4. The smallest absolute Gasteiger partial charge is 0.336 e. The highest BCUT2D eigenvalue weighted by molar-refractivity contribution is 7.98. The molecule has 1 N–H and O–H groups in total. The van der Waals surface area contributed by atoms with E-state index < -0.39 is 5.63 Å². The van der Waals surface area contributed by atoms with Gasteiger partial charge in [0.2, 0.25) is 0 Å². The van der Waals surface area contributed by atoms with E-state index in [1.54, 1.807) is 22.8 Å². The van der Waals surface area contributed by atoms with Crippen LogP contribution in [0.2, 0.25) is 0 Å². The minimum atomic E-state index is -0.483. The fraction of sp³-hybridized carbons (Fsp3) is 0.320. The number of rotatable bonds is 7. The number of aromatic nitrogens is 2. The molecule has 1 fully saturated rings. The highest BCUT2D eigenvalue weighted by Gasteiger charge is 2.15. The lowest BCUT2D eigenvalue weighted by molar-refractivity contribution is 0.0368. The number of morpholine rings is 1. The quantitative estimate of drug-likeness (QED) is 0.245. The number of hydrogen-bond donors (Lipinski definition) is 1. The highest BCUT2D eigenvalue weighted by Crippen LogP contribution is 2.28. The lowest BCUT2D eigenvalue weighted by atomic mass is 10.1. The first-order valence-corrected chi connectivity index (χ1v) is 12.3. The van der Waals surface area contributed by atoms with Gasteiger partial charge < -0.3 is 14.3 Å². The molecule has 0 bridgehead atoms. The average Bonchev–Trinajstić information content (AvgIpc) is 2.84. The Morgan fingerprint density at radius 2 is 1.82 bits per heavy atom. The Balaban J connectivity index is 1.44. The summed E-state index contributed by atoms with van der Waals surface area (Å²) in [5.74, 6) is 0.465. The third-order valence-electron chi connectivity index (χ3n) is 5.96. The zero-order valence-corrected chi connectivity index (χ0v) is 19.4. The third kappa shape index (κ3) is 4.86. The number of para-hydroxylation sites is 1. The lowest BCUT2D eigenvalue weighted by Gasteiger charge is -2.26. The van der Waals surface area contributed by atoms with Gasteiger partial charge in [-0.15, -0.1) is 0 Å². The molecule has 0 spiro atoms. The van der Waals surface area contributed by atoms with Crippen LogP contribution in [0.15, 0.2) is 67.7 Å². The Bertz CT molecular complexity index is 1440. The molecule has 1 aliphatic rings. The maximum atomic E-state index is 13.3. The summed E-state index contributed by atoms with van der Waals surface area (Å²) in [6.07, 6.45) is 0.824. The molecule has 8 nitrogen and oxygen atoms in total. The molecule has 2 aromatic carbocycles.